The lowest BCUT2D eigenvalue weighted by Gasteiger charge is -2.28. The van der Waals surface area contributed by atoms with E-state index in [4.69, 9.17) is 0 Å². The number of alkyl halides is 3. The lowest BCUT2D eigenvalue weighted by molar-refractivity contribution is -0.140. The molecule has 174 valence electrons. The fraction of sp³-hybridized carbons (Fsp3) is 0.417. The molecular weight excluding hydrogens is 440 g/mol. The number of hydrogen-bond acceptors (Lipinski definition) is 0. The van der Waals surface area contributed by atoms with E-state index >= 15 is 0 Å². The van der Waals surface area contributed by atoms with Gasteiger partial charge in [0.15, 0.2) is 11.7 Å². The van der Waals surface area contributed by atoms with E-state index in [1.807, 2.05) is 0 Å². The number of hydrogen-bond donors (Lipinski definition) is 0. The van der Waals surface area contributed by atoms with Gasteiger partial charge in [0.05, 0.1) is 11.1 Å². The minimum absolute atomic E-state index is 0.0953. The Bertz CT molecular complexity index is 975. The highest BCUT2D eigenvalue weighted by Crippen LogP contribution is 2.40. The zero-order chi connectivity index (χ0) is 23.6. The van der Waals surface area contributed by atoms with Gasteiger partial charge in [-0.1, -0.05) is 25.8 Å². The lowest BCUT2D eigenvalue weighted by atomic mass is 9.77. The van der Waals surface area contributed by atoms with Crippen LogP contribution >= 0.6 is 0 Å². The maximum atomic E-state index is 14.6. The summed E-state index contributed by atoms with van der Waals surface area (Å²) in [5.74, 6) is -7.80. The first-order valence-corrected chi connectivity index (χ1v) is 10.4. The standard InChI is InChI=1S/C24H22F8/c1-2-3-13-4-6-14(7-5-13)16-11-19(26)21(20(27)12-16)23(29)22(28)15-8-9-17(18(25)10-15)24(30,31)32/h8-14H,2-7H2,1H3/b23-22+. The molecule has 2 aromatic rings. The van der Waals surface area contributed by atoms with E-state index in [0.717, 1.165) is 50.7 Å². The summed E-state index contributed by atoms with van der Waals surface area (Å²) in [4.78, 5) is 0. The van der Waals surface area contributed by atoms with E-state index in [0.29, 0.717) is 17.5 Å². The molecule has 0 saturated heterocycles. The molecule has 1 saturated carbocycles. The molecule has 0 radical (unpaired) electrons. The van der Waals surface area contributed by atoms with Gasteiger partial charge in [0.1, 0.15) is 17.5 Å². The van der Waals surface area contributed by atoms with Crippen molar-refractivity contribution in [3.05, 3.63) is 70.0 Å². The van der Waals surface area contributed by atoms with E-state index < -0.39 is 52.0 Å². The van der Waals surface area contributed by atoms with Crippen molar-refractivity contribution in [2.45, 2.75) is 57.5 Å². The molecule has 0 nitrogen and oxygen atoms in total. The summed E-state index contributed by atoms with van der Waals surface area (Å²) in [6.07, 6.45) is 0.450. The zero-order valence-electron chi connectivity index (χ0n) is 17.3. The van der Waals surface area contributed by atoms with Gasteiger partial charge in [-0.05, 0) is 67.3 Å². The Morgan fingerprint density at radius 3 is 1.94 bits per heavy atom. The van der Waals surface area contributed by atoms with E-state index in [2.05, 4.69) is 6.92 Å². The molecule has 1 aliphatic rings. The van der Waals surface area contributed by atoms with Gasteiger partial charge in [-0.25, -0.2) is 22.0 Å². The molecule has 1 fully saturated rings. The van der Waals surface area contributed by atoms with Crippen molar-refractivity contribution in [3.63, 3.8) is 0 Å². The molecule has 0 bridgehead atoms. The van der Waals surface area contributed by atoms with Crippen LogP contribution in [-0.2, 0) is 6.18 Å². The summed E-state index contributed by atoms with van der Waals surface area (Å²) >= 11 is 0. The molecule has 0 aliphatic heterocycles. The molecule has 2 aromatic carbocycles. The van der Waals surface area contributed by atoms with Crippen LogP contribution in [0.25, 0.3) is 11.7 Å². The summed E-state index contributed by atoms with van der Waals surface area (Å²) in [6.45, 7) is 2.09. The summed E-state index contributed by atoms with van der Waals surface area (Å²) in [5.41, 5.74) is -3.48. The average molecular weight is 462 g/mol. The molecule has 0 atom stereocenters. The van der Waals surface area contributed by atoms with Gasteiger partial charge in [-0.2, -0.15) is 13.2 Å². The highest BCUT2D eigenvalue weighted by molar-refractivity contribution is 5.83. The SMILES string of the molecule is CCCC1CCC(c2cc(F)c(/C(F)=C(\F)c3ccc(C(F)(F)F)c(F)c3)c(F)c2)CC1. The number of rotatable bonds is 5. The van der Waals surface area contributed by atoms with Crippen molar-refractivity contribution in [3.8, 4) is 0 Å². The first-order chi connectivity index (χ1) is 15.0. The van der Waals surface area contributed by atoms with Crippen molar-refractivity contribution >= 4 is 11.7 Å². The third-order valence-corrected chi connectivity index (χ3v) is 6.02. The van der Waals surface area contributed by atoms with Crippen molar-refractivity contribution in [1.82, 2.24) is 0 Å². The van der Waals surface area contributed by atoms with E-state index in [9.17, 15) is 35.1 Å². The van der Waals surface area contributed by atoms with Crippen molar-refractivity contribution < 1.29 is 35.1 Å². The van der Waals surface area contributed by atoms with Crippen LogP contribution in [-0.4, -0.2) is 0 Å². The van der Waals surface area contributed by atoms with Crippen LogP contribution in [0.3, 0.4) is 0 Å². The smallest absolute Gasteiger partial charge is 0.206 e. The van der Waals surface area contributed by atoms with Gasteiger partial charge in [-0.15, -0.1) is 0 Å². The molecule has 32 heavy (non-hydrogen) atoms. The molecule has 0 spiro atoms. The van der Waals surface area contributed by atoms with E-state index in [-0.39, 0.29) is 18.1 Å². The Morgan fingerprint density at radius 1 is 0.844 bits per heavy atom. The highest BCUT2D eigenvalue weighted by Gasteiger charge is 2.34. The monoisotopic (exact) mass is 462 g/mol. The number of benzene rings is 2. The van der Waals surface area contributed by atoms with Crippen LogP contribution in [0.2, 0.25) is 0 Å². The predicted octanol–water partition coefficient (Wildman–Crippen LogP) is 8.96. The molecule has 0 aromatic heterocycles. The third-order valence-electron chi connectivity index (χ3n) is 6.02. The normalized spacial score (nSPS) is 20.3. The first-order valence-electron chi connectivity index (χ1n) is 10.4. The fourth-order valence-electron chi connectivity index (χ4n) is 4.35. The van der Waals surface area contributed by atoms with Gasteiger partial charge in [-0.3, -0.25) is 0 Å². The molecule has 0 amide bonds. The van der Waals surface area contributed by atoms with Crippen molar-refractivity contribution in [2.75, 3.05) is 0 Å². The molecule has 0 heterocycles. The third kappa shape index (κ3) is 5.15. The Morgan fingerprint density at radius 2 is 1.44 bits per heavy atom. The maximum Gasteiger partial charge on any atom is 0.419 e. The van der Waals surface area contributed by atoms with Crippen LogP contribution in [0, 0.1) is 23.4 Å². The van der Waals surface area contributed by atoms with Crippen molar-refractivity contribution in [2.24, 2.45) is 5.92 Å². The van der Waals surface area contributed by atoms with Crippen LogP contribution in [0.5, 0.6) is 0 Å². The first kappa shape index (κ1) is 24.3. The Labute approximate surface area is 180 Å². The maximum absolute atomic E-state index is 14.6. The average Bonchev–Trinajstić information content (AvgIpc) is 2.72. The quantitative estimate of drug-likeness (QED) is 0.307. The molecule has 0 N–H and O–H groups in total. The van der Waals surface area contributed by atoms with Gasteiger partial charge in [0, 0.05) is 5.56 Å². The second-order valence-corrected chi connectivity index (χ2v) is 8.19. The second-order valence-electron chi connectivity index (χ2n) is 8.19. The van der Waals surface area contributed by atoms with Crippen LogP contribution in [0.4, 0.5) is 35.1 Å². The van der Waals surface area contributed by atoms with Gasteiger partial charge in [0.25, 0.3) is 0 Å². The van der Waals surface area contributed by atoms with Gasteiger partial charge < -0.3 is 0 Å². The molecule has 0 unspecified atom stereocenters. The van der Waals surface area contributed by atoms with Crippen molar-refractivity contribution in [1.29, 1.82) is 0 Å². The highest BCUT2D eigenvalue weighted by atomic mass is 19.4. The summed E-state index contributed by atoms with van der Waals surface area (Å²) in [7, 11) is 0. The molecule has 8 heteroatoms. The topological polar surface area (TPSA) is 0 Å². The zero-order valence-corrected chi connectivity index (χ0v) is 17.3. The Kier molecular flexibility index (Phi) is 7.30. The predicted molar refractivity (Wildman–Crippen MR) is 106 cm³/mol. The van der Waals surface area contributed by atoms with Crippen LogP contribution in [0.1, 0.15) is 73.6 Å². The minimum atomic E-state index is -5.02. The summed E-state index contributed by atoms with van der Waals surface area (Å²) in [5, 5.41) is 0. The Hall–Kier alpha value is -2.38. The fourth-order valence-corrected chi connectivity index (χ4v) is 4.35. The Balaban J connectivity index is 1.89. The summed E-state index contributed by atoms with van der Waals surface area (Å²) < 4.78 is 110. The molecular formula is C24H22F8. The summed E-state index contributed by atoms with van der Waals surface area (Å²) in [6, 6.07) is 2.80. The van der Waals surface area contributed by atoms with E-state index in [1.54, 1.807) is 0 Å². The largest absolute Gasteiger partial charge is 0.419 e. The molecule has 3 rings (SSSR count). The number of halogens is 8. The van der Waals surface area contributed by atoms with Gasteiger partial charge in [0.2, 0.25) is 0 Å². The van der Waals surface area contributed by atoms with Crippen LogP contribution < -0.4 is 0 Å². The van der Waals surface area contributed by atoms with E-state index in [1.165, 1.54) is 0 Å². The second kappa shape index (κ2) is 9.63. The lowest BCUT2D eigenvalue weighted by Crippen LogP contribution is -2.14. The van der Waals surface area contributed by atoms with Crippen LogP contribution in [0.15, 0.2) is 30.3 Å². The van der Waals surface area contributed by atoms with Gasteiger partial charge >= 0.3 is 6.18 Å². The molecule has 1 aliphatic carbocycles. The minimum Gasteiger partial charge on any atom is -0.206 e.